The fourth-order valence-corrected chi connectivity index (χ4v) is 2.96. The van der Waals surface area contributed by atoms with Gasteiger partial charge in [-0.15, -0.1) is 5.10 Å². The van der Waals surface area contributed by atoms with E-state index in [-0.39, 0.29) is 0 Å². The van der Waals surface area contributed by atoms with Gasteiger partial charge in [-0.25, -0.2) is 9.50 Å². The maximum atomic E-state index is 5.46. The van der Waals surface area contributed by atoms with Gasteiger partial charge >= 0.3 is 0 Å². The van der Waals surface area contributed by atoms with Crippen LogP contribution in [0.3, 0.4) is 0 Å². The van der Waals surface area contributed by atoms with Crippen molar-refractivity contribution in [1.82, 2.24) is 14.6 Å². The number of hydrogen-bond donors (Lipinski definition) is 1. The minimum absolute atomic E-state index is 0.562. The van der Waals surface area contributed by atoms with Crippen molar-refractivity contribution in [3.05, 3.63) is 30.5 Å². The molecule has 1 aromatic carbocycles. The average molecular weight is 354 g/mol. The van der Waals surface area contributed by atoms with Crippen molar-refractivity contribution in [3.8, 4) is 28.5 Å². The predicted molar refractivity (Wildman–Crippen MR) is 99.3 cm³/mol. The van der Waals surface area contributed by atoms with Gasteiger partial charge in [0.15, 0.2) is 17.1 Å². The van der Waals surface area contributed by atoms with Crippen molar-refractivity contribution in [3.63, 3.8) is 0 Å². The predicted octanol–water partition coefficient (Wildman–Crippen LogP) is 3.24. The molecule has 7 nitrogen and oxygen atoms in total. The molecule has 1 aliphatic rings. The first-order valence-corrected chi connectivity index (χ1v) is 8.62. The third-order valence-corrected chi connectivity index (χ3v) is 4.59. The lowest BCUT2D eigenvalue weighted by Crippen LogP contribution is -2.07. The van der Waals surface area contributed by atoms with Crippen LogP contribution < -0.4 is 19.5 Å². The van der Waals surface area contributed by atoms with Crippen LogP contribution >= 0.6 is 0 Å². The van der Waals surface area contributed by atoms with E-state index in [1.165, 1.54) is 12.8 Å². The van der Waals surface area contributed by atoms with E-state index in [1.54, 1.807) is 27.5 Å². The summed E-state index contributed by atoms with van der Waals surface area (Å²) in [6.07, 6.45) is 4.40. The van der Waals surface area contributed by atoms with E-state index in [1.807, 2.05) is 28.8 Å². The van der Waals surface area contributed by atoms with E-state index >= 15 is 0 Å². The highest BCUT2D eigenvalue weighted by molar-refractivity contribution is 5.70. The molecule has 136 valence electrons. The second kappa shape index (κ2) is 6.74. The number of fused-ring (bicyclic) bond motifs is 1. The SMILES string of the molecule is COc1cc(-c2cnc3ccc(NCC4CC4)nn23)cc(OC)c1OC. The van der Waals surface area contributed by atoms with E-state index in [4.69, 9.17) is 19.3 Å². The highest BCUT2D eigenvalue weighted by atomic mass is 16.5. The quantitative estimate of drug-likeness (QED) is 0.702. The van der Waals surface area contributed by atoms with Gasteiger partial charge in [0.05, 0.1) is 33.2 Å². The van der Waals surface area contributed by atoms with Gasteiger partial charge in [-0.1, -0.05) is 0 Å². The molecule has 26 heavy (non-hydrogen) atoms. The molecular weight excluding hydrogens is 332 g/mol. The molecule has 7 heteroatoms. The smallest absolute Gasteiger partial charge is 0.203 e. The number of imidazole rings is 1. The van der Waals surface area contributed by atoms with E-state index in [0.29, 0.717) is 17.2 Å². The second-order valence-electron chi connectivity index (χ2n) is 6.37. The lowest BCUT2D eigenvalue weighted by Gasteiger charge is -2.14. The fourth-order valence-electron chi connectivity index (χ4n) is 2.96. The van der Waals surface area contributed by atoms with Gasteiger partial charge in [0.1, 0.15) is 5.82 Å². The summed E-state index contributed by atoms with van der Waals surface area (Å²) in [7, 11) is 4.80. The first kappa shape index (κ1) is 16.5. The van der Waals surface area contributed by atoms with Gasteiger partial charge in [0.25, 0.3) is 0 Å². The number of nitrogens with zero attached hydrogens (tertiary/aromatic N) is 3. The Bertz CT molecular complexity index is 909. The number of benzene rings is 1. The Morgan fingerprint density at radius 2 is 1.81 bits per heavy atom. The van der Waals surface area contributed by atoms with Gasteiger partial charge in [0.2, 0.25) is 5.75 Å². The third-order valence-electron chi connectivity index (χ3n) is 4.59. The summed E-state index contributed by atoms with van der Waals surface area (Å²) in [5.41, 5.74) is 2.53. The van der Waals surface area contributed by atoms with Crippen molar-refractivity contribution in [2.45, 2.75) is 12.8 Å². The van der Waals surface area contributed by atoms with Gasteiger partial charge in [0, 0.05) is 12.1 Å². The van der Waals surface area contributed by atoms with Crippen LogP contribution in [0.4, 0.5) is 5.82 Å². The van der Waals surface area contributed by atoms with Crippen LogP contribution in [-0.2, 0) is 0 Å². The zero-order valence-corrected chi connectivity index (χ0v) is 15.2. The first-order valence-electron chi connectivity index (χ1n) is 8.62. The topological polar surface area (TPSA) is 69.9 Å². The number of aromatic nitrogens is 3. The van der Waals surface area contributed by atoms with Crippen LogP contribution in [-0.4, -0.2) is 42.5 Å². The van der Waals surface area contributed by atoms with Crippen molar-refractivity contribution < 1.29 is 14.2 Å². The number of hydrogen-bond acceptors (Lipinski definition) is 6. The molecule has 0 saturated heterocycles. The van der Waals surface area contributed by atoms with Crippen molar-refractivity contribution >= 4 is 11.5 Å². The maximum Gasteiger partial charge on any atom is 0.203 e. The molecule has 2 aromatic heterocycles. The molecule has 1 fully saturated rings. The van der Waals surface area contributed by atoms with Crippen LogP contribution in [0.15, 0.2) is 30.5 Å². The summed E-state index contributed by atoms with van der Waals surface area (Å²) in [5.74, 6) is 3.38. The van der Waals surface area contributed by atoms with Crippen LogP contribution in [0, 0.1) is 5.92 Å². The molecule has 2 heterocycles. The molecule has 0 radical (unpaired) electrons. The Kier molecular flexibility index (Phi) is 4.28. The molecule has 1 N–H and O–H groups in total. The van der Waals surface area contributed by atoms with Crippen molar-refractivity contribution in [2.75, 3.05) is 33.2 Å². The summed E-state index contributed by atoms with van der Waals surface area (Å²) in [6, 6.07) is 7.72. The number of nitrogens with one attached hydrogen (secondary N) is 1. The normalized spacial score (nSPS) is 13.7. The Labute approximate surface area is 151 Å². The van der Waals surface area contributed by atoms with Gasteiger partial charge in [-0.05, 0) is 43.0 Å². The zero-order valence-electron chi connectivity index (χ0n) is 15.2. The lowest BCUT2D eigenvalue weighted by atomic mass is 10.1. The number of rotatable bonds is 7. The van der Waals surface area contributed by atoms with E-state index < -0.39 is 0 Å². The minimum atomic E-state index is 0.562. The van der Waals surface area contributed by atoms with Gasteiger partial charge in [-0.2, -0.15) is 0 Å². The van der Waals surface area contributed by atoms with Crippen LogP contribution in [0.25, 0.3) is 16.9 Å². The monoisotopic (exact) mass is 354 g/mol. The van der Waals surface area contributed by atoms with Crippen LogP contribution in [0.2, 0.25) is 0 Å². The summed E-state index contributed by atoms with van der Waals surface area (Å²) in [5, 5.41) is 8.10. The number of anilines is 1. The third kappa shape index (κ3) is 3.00. The molecule has 1 aliphatic carbocycles. The Morgan fingerprint density at radius 1 is 1.08 bits per heavy atom. The largest absolute Gasteiger partial charge is 0.493 e. The maximum absolute atomic E-state index is 5.46. The molecule has 0 amide bonds. The molecule has 0 spiro atoms. The Morgan fingerprint density at radius 3 is 2.42 bits per heavy atom. The van der Waals surface area contributed by atoms with E-state index in [0.717, 1.165) is 35.2 Å². The number of ether oxygens (including phenoxy) is 3. The van der Waals surface area contributed by atoms with Gasteiger partial charge < -0.3 is 19.5 Å². The van der Waals surface area contributed by atoms with E-state index in [9.17, 15) is 0 Å². The summed E-state index contributed by atoms with van der Waals surface area (Å²) in [6.45, 7) is 0.965. The highest BCUT2D eigenvalue weighted by Crippen LogP contribution is 2.41. The molecule has 0 aliphatic heterocycles. The standard InChI is InChI=1S/C19H22N4O3/c1-24-15-8-13(9-16(25-2)19(15)26-3)14-11-21-18-7-6-17(22-23(14)18)20-10-12-4-5-12/h6-9,11-12H,4-5,10H2,1-3H3,(H,20,22). The lowest BCUT2D eigenvalue weighted by molar-refractivity contribution is 0.324. The fraction of sp³-hybridized carbons (Fsp3) is 0.368. The first-order chi connectivity index (χ1) is 12.7. The molecule has 4 rings (SSSR count). The molecule has 0 atom stereocenters. The molecule has 0 unspecified atom stereocenters. The summed E-state index contributed by atoms with van der Waals surface area (Å²) in [4.78, 5) is 4.46. The van der Waals surface area contributed by atoms with Crippen molar-refractivity contribution in [2.24, 2.45) is 5.92 Å². The van der Waals surface area contributed by atoms with Crippen LogP contribution in [0.1, 0.15) is 12.8 Å². The van der Waals surface area contributed by atoms with Crippen LogP contribution in [0.5, 0.6) is 17.2 Å². The molecule has 0 bridgehead atoms. The summed E-state index contributed by atoms with van der Waals surface area (Å²) < 4.78 is 18.1. The zero-order chi connectivity index (χ0) is 18.1. The highest BCUT2D eigenvalue weighted by Gasteiger charge is 2.21. The Hall–Kier alpha value is -2.96. The van der Waals surface area contributed by atoms with Gasteiger partial charge in [-0.3, -0.25) is 0 Å². The average Bonchev–Trinajstić information content (AvgIpc) is 3.42. The molecule has 1 saturated carbocycles. The molecule has 3 aromatic rings. The Balaban J connectivity index is 1.76. The van der Waals surface area contributed by atoms with E-state index in [2.05, 4.69) is 10.3 Å². The summed E-state index contributed by atoms with van der Waals surface area (Å²) >= 11 is 0. The van der Waals surface area contributed by atoms with Crippen molar-refractivity contribution in [1.29, 1.82) is 0 Å². The molecular formula is C19H22N4O3. The minimum Gasteiger partial charge on any atom is -0.493 e. The number of methoxy groups -OCH3 is 3. The second-order valence-corrected chi connectivity index (χ2v) is 6.37.